The number of Topliss-reactive ketones (excluding diaryl/α,β-unsaturated/α-hetero) is 1. The lowest BCUT2D eigenvalue weighted by Gasteiger charge is -2.72. The summed E-state index contributed by atoms with van der Waals surface area (Å²) in [5, 5.41) is 15.9. The predicted molar refractivity (Wildman–Crippen MR) is 243 cm³/mol. The van der Waals surface area contributed by atoms with Crippen molar-refractivity contribution < 1.29 is 43.3 Å². The van der Waals surface area contributed by atoms with Gasteiger partial charge in [-0.3, -0.25) is 24.0 Å². The summed E-state index contributed by atoms with van der Waals surface area (Å²) in [4.78, 5) is 67.3. The van der Waals surface area contributed by atoms with Gasteiger partial charge >= 0.3 is 11.9 Å². The fourth-order valence-corrected chi connectivity index (χ4v) is 15.5. The number of allylic oxidation sites excluding steroid dienone is 1. The third kappa shape index (κ3) is 7.26. The molecule has 64 heavy (non-hydrogen) atoms. The van der Waals surface area contributed by atoms with Gasteiger partial charge in [-0.25, -0.2) is 0 Å². The van der Waals surface area contributed by atoms with Gasteiger partial charge in [-0.1, -0.05) is 67.9 Å². The van der Waals surface area contributed by atoms with Crippen molar-refractivity contribution in [2.24, 2.45) is 68.0 Å². The Morgan fingerprint density at radius 1 is 0.844 bits per heavy atom. The van der Waals surface area contributed by atoms with Gasteiger partial charge < -0.3 is 30.0 Å². The molecule has 8 rings (SSSR count). The Morgan fingerprint density at radius 3 is 2.17 bits per heavy atom. The third-order valence-electron chi connectivity index (χ3n) is 19.5. The highest BCUT2D eigenvalue weighted by atomic mass is 16.6. The number of rotatable bonds is 11. The summed E-state index contributed by atoms with van der Waals surface area (Å²) in [7, 11) is 0. The maximum absolute atomic E-state index is 14.3. The Kier molecular flexibility index (Phi) is 11.7. The second-order valence-electron chi connectivity index (χ2n) is 24.2. The summed E-state index contributed by atoms with van der Waals surface area (Å²) >= 11 is 0. The van der Waals surface area contributed by atoms with E-state index < -0.39 is 34.2 Å². The number of carbonyl (C=O) groups excluding carboxylic acids is 4. The van der Waals surface area contributed by atoms with Gasteiger partial charge in [0, 0.05) is 35.8 Å². The van der Waals surface area contributed by atoms with E-state index >= 15 is 0 Å². The maximum Gasteiger partial charge on any atom is 0.309 e. The van der Waals surface area contributed by atoms with E-state index in [1.54, 1.807) is 38.1 Å². The second-order valence-corrected chi connectivity index (χ2v) is 24.2. The van der Waals surface area contributed by atoms with Crippen LogP contribution in [0.5, 0.6) is 5.75 Å². The van der Waals surface area contributed by atoms with E-state index in [2.05, 4.69) is 59.1 Å². The molecule has 7 aliphatic rings. The van der Waals surface area contributed by atoms with E-state index in [0.717, 1.165) is 63.4 Å². The minimum Gasteiger partial charge on any atom is -0.488 e. The highest BCUT2D eigenvalue weighted by Crippen LogP contribution is 2.76. The number of hydrogen-bond donors (Lipinski definition) is 3. The van der Waals surface area contributed by atoms with Crippen LogP contribution in [0.4, 0.5) is 0 Å². The highest BCUT2D eigenvalue weighted by molar-refractivity contribution is 6.01. The van der Waals surface area contributed by atoms with E-state index in [-0.39, 0.29) is 69.3 Å². The topological polar surface area (TPSA) is 157 Å². The van der Waals surface area contributed by atoms with Gasteiger partial charge in [0.2, 0.25) is 5.91 Å². The van der Waals surface area contributed by atoms with Crippen LogP contribution >= 0.6 is 0 Å². The zero-order valence-electron chi connectivity index (χ0n) is 40.5. The largest absolute Gasteiger partial charge is 0.488 e. The lowest BCUT2D eigenvalue weighted by molar-refractivity contribution is -0.236. The number of carbonyl (C=O) groups is 5. The molecule has 5 saturated carbocycles. The smallest absolute Gasteiger partial charge is 0.309 e. The number of carboxylic acid groups (broad SMARTS) is 1. The lowest BCUT2D eigenvalue weighted by atomic mass is 9.33. The van der Waals surface area contributed by atoms with Crippen LogP contribution in [0.3, 0.4) is 0 Å². The molecule has 352 valence electrons. The van der Waals surface area contributed by atoms with E-state index in [0.29, 0.717) is 55.7 Å². The molecule has 1 aromatic rings. The summed E-state index contributed by atoms with van der Waals surface area (Å²) in [5.74, 6) is -0.646. The van der Waals surface area contributed by atoms with Crippen LogP contribution in [0.25, 0.3) is 0 Å². The first-order valence-electron chi connectivity index (χ1n) is 24.5. The van der Waals surface area contributed by atoms with Crippen LogP contribution in [0.2, 0.25) is 0 Å². The SMILES string of the molecule is CC(C)C1=C2[C@H]3CC[C@@H]4[C@@]5(C)CC[C@H](OC(=O)[C@H]6C[C@@H](C(=O)O)C6(C)C)C(C)(C)[C@@H]5CC[C@@]4(C)[C@]3(C)CCC2(CNC(=O)C(C)(C)NC(=O)c2ccc(O[C@H]3CCOC3)cc2)CC1=O. The number of esters is 1. The Morgan fingerprint density at radius 2 is 1.55 bits per heavy atom. The number of amides is 2. The van der Waals surface area contributed by atoms with Crippen LogP contribution in [0.1, 0.15) is 157 Å². The summed E-state index contributed by atoms with van der Waals surface area (Å²) in [6.07, 6.45) is 9.07. The zero-order valence-corrected chi connectivity index (χ0v) is 40.5. The number of nitrogens with one attached hydrogen (secondary N) is 2. The molecule has 11 atom stereocenters. The first kappa shape index (κ1) is 46.8. The molecular weight excluding hydrogens is 809 g/mol. The van der Waals surface area contributed by atoms with E-state index in [9.17, 15) is 29.1 Å². The summed E-state index contributed by atoms with van der Waals surface area (Å²) in [6, 6.07) is 6.97. The highest BCUT2D eigenvalue weighted by Gasteiger charge is 2.70. The predicted octanol–water partition coefficient (Wildman–Crippen LogP) is 9.12. The standard InChI is InChI=1S/C53H76N2O9/c1-30(2)41-37(56)27-53(29-54-46(61)49(7,8)55-43(57)31-12-14-32(15-13-31)63-33-20-25-62-28-33)24-23-51(10)34(42(41)53)16-17-39-50(9)21-19-40(48(5,6)38(50)18-22-52(39,51)11)64-45(60)36-26-35(44(58)59)47(36,3)4/h12-15,30,33-36,38-40H,16-29H2,1-11H3,(H,54,61)(H,55,57)(H,58,59)/t33-,34+,35-,36+,38-,39+,40-,50-,51+,52+,53?/m0/s1. The molecule has 11 heteroatoms. The van der Waals surface area contributed by atoms with Gasteiger partial charge in [0.15, 0.2) is 5.78 Å². The molecule has 11 nitrogen and oxygen atoms in total. The van der Waals surface area contributed by atoms with Crippen LogP contribution in [0.15, 0.2) is 35.4 Å². The average molecular weight is 885 g/mol. The normalized spacial score (nSPS) is 38.5. The first-order chi connectivity index (χ1) is 29.8. The van der Waals surface area contributed by atoms with Crippen molar-refractivity contribution in [1.29, 1.82) is 0 Å². The van der Waals surface area contributed by atoms with Gasteiger partial charge in [0.1, 0.15) is 23.5 Å². The van der Waals surface area contributed by atoms with E-state index in [1.807, 2.05) is 13.8 Å². The monoisotopic (exact) mass is 885 g/mol. The summed E-state index contributed by atoms with van der Waals surface area (Å²) in [6.45, 7) is 25.3. The fraction of sp³-hybridized carbons (Fsp3) is 0.755. The maximum atomic E-state index is 14.3. The molecule has 3 N–H and O–H groups in total. The minimum absolute atomic E-state index is 0.00675. The van der Waals surface area contributed by atoms with Crippen molar-refractivity contribution in [2.45, 2.75) is 165 Å². The average Bonchev–Trinajstić information content (AvgIpc) is 3.83. The molecule has 1 saturated heterocycles. The van der Waals surface area contributed by atoms with Crippen molar-refractivity contribution in [1.82, 2.24) is 10.6 Å². The van der Waals surface area contributed by atoms with E-state index in [1.165, 1.54) is 5.57 Å². The van der Waals surface area contributed by atoms with Crippen LogP contribution in [0, 0.1) is 68.0 Å². The van der Waals surface area contributed by atoms with Gasteiger partial charge in [-0.2, -0.15) is 0 Å². The Balaban J connectivity index is 0.973. The summed E-state index contributed by atoms with van der Waals surface area (Å²) in [5.41, 5.74) is 0.155. The molecule has 1 unspecified atom stereocenters. The van der Waals surface area contributed by atoms with Crippen molar-refractivity contribution in [2.75, 3.05) is 19.8 Å². The number of ether oxygens (including phenoxy) is 3. The third-order valence-corrected chi connectivity index (χ3v) is 19.5. The Labute approximate surface area is 381 Å². The molecule has 0 radical (unpaired) electrons. The summed E-state index contributed by atoms with van der Waals surface area (Å²) < 4.78 is 17.8. The van der Waals surface area contributed by atoms with Crippen molar-refractivity contribution in [3.8, 4) is 5.75 Å². The van der Waals surface area contributed by atoms with Gasteiger partial charge in [0.25, 0.3) is 5.91 Å². The zero-order chi connectivity index (χ0) is 46.6. The second kappa shape index (κ2) is 16.0. The van der Waals surface area contributed by atoms with Crippen LogP contribution < -0.4 is 15.4 Å². The van der Waals surface area contributed by atoms with Gasteiger partial charge in [0.05, 0.1) is 25.0 Å². The molecule has 6 fully saturated rings. The number of ketones is 1. The van der Waals surface area contributed by atoms with Gasteiger partial charge in [-0.15, -0.1) is 0 Å². The first-order valence-corrected chi connectivity index (χ1v) is 24.5. The van der Waals surface area contributed by atoms with E-state index in [4.69, 9.17) is 14.2 Å². The number of aliphatic carboxylic acids is 1. The lowest BCUT2D eigenvalue weighted by Crippen LogP contribution is -2.66. The van der Waals surface area contributed by atoms with Crippen molar-refractivity contribution in [3.05, 3.63) is 41.0 Å². The Bertz CT molecular complexity index is 2100. The van der Waals surface area contributed by atoms with Crippen LogP contribution in [-0.4, -0.2) is 72.1 Å². The molecule has 1 aromatic carbocycles. The van der Waals surface area contributed by atoms with Crippen molar-refractivity contribution >= 4 is 29.5 Å². The van der Waals surface area contributed by atoms with Crippen molar-refractivity contribution in [3.63, 3.8) is 0 Å². The van der Waals surface area contributed by atoms with Crippen LogP contribution in [-0.2, 0) is 28.7 Å². The number of carboxylic acids is 1. The van der Waals surface area contributed by atoms with Gasteiger partial charge in [-0.05, 0) is 147 Å². The Hall–Kier alpha value is -3.73. The molecule has 1 aliphatic heterocycles. The fourth-order valence-electron chi connectivity index (χ4n) is 15.5. The minimum atomic E-state index is -1.21. The molecule has 0 spiro atoms. The molecular formula is C53H76N2O9. The number of hydrogen-bond acceptors (Lipinski definition) is 8. The number of fused-ring (bicyclic) bond motifs is 7. The molecule has 0 aromatic heterocycles. The molecule has 1 heterocycles. The number of benzene rings is 1. The molecule has 2 amide bonds. The molecule has 6 aliphatic carbocycles. The molecule has 0 bridgehead atoms. The quantitative estimate of drug-likeness (QED) is 0.185.